The average molecular weight is 521 g/mol. The summed E-state index contributed by atoms with van der Waals surface area (Å²) in [5.74, 6) is -0.964. The van der Waals surface area contributed by atoms with Gasteiger partial charge in [0.05, 0.1) is 10.6 Å². The van der Waals surface area contributed by atoms with Crippen LogP contribution in [0.2, 0.25) is 0 Å². The number of carboxylic acids is 1. The van der Waals surface area contributed by atoms with E-state index in [1.54, 1.807) is 18.2 Å². The van der Waals surface area contributed by atoms with Crippen LogP contribution in [0.4, 0.5) is 5.69 Å². The number of rotatable bonds is 11. The molecule has 1 saturated carbocycles. The van der Waals surface area contributed by atoms with Gasteiger partial charge in [0.1, 0.15) is 4.21 Å². The number of aliphatic carboxylic acids is 1. The zero-order valence-electron chi connectivity index (χ0n) is 19.9. The first-order valence-corrected chi connectivity index (χ1v) is 14.2. The molecular weight excluding hydrogens is 488 g/mol. The highest BCUT2D eigenvalue weighted by atomic mass is 32.2. The zero-order valence-corrected chi connectivity index (χ0v) is 21.5. The third-order valence-electron chi connectivity index (χ3n) is 6.62. The van der Waals surface area contributed by atoms with Gasteiger partial charge in [-0.1, -0.05) is 50.8 Å². The number of thiophene rings is 1. The molecule has 0 spiro atoms. The number of nitrogens with zero attached hydrogens (tertiary/aromatic N) is 1. The third-order valence-corrected chi connectivity index (χ3v) is 9.72. The van der Waals surface area contributed by atoms with Crippen LogP contribution >= 0.6 is 11.3 Å². The largest absolute Gasteiger partial charge is 0.474 e. The molecule has 1 fully saturated rings. The molecule has 1 aromatic carbocycles. The van der Waals surface area contributed by atoms with Crippen molar-refractivity contribution in [2.24, 2.45) is 10.9 Å². The highest BCUT2D eigenvalue weighted by Crippen LogP contribution is 2.37. The fourth-order valence-electron chi connectivity index (χ4n) is 4.64. The molecule has 0 radical (unpaired) electrons. The summed E-state index contributed by atoms with van der Waals surface area (Å²) in [6, 6.07) is 10.9. The summed E-state index contributed by atoms with van der Waals surface area (Å²) in [5, 5.41) is 12.7. The van der Waals surface area contributed by atoms with E-state index < -0.39 is 27.6 Å². The first kappa shape index (κ1) is 25.6. The van der Waals surface area contributed by atoms with Crippen molar-refractivity contribution in [1.29, 1.82) is 0 Å². The van der Waals surface area contributed by atoms with Crippen molar-refractivity contribution in [2.45, 2.75) is 74.8 Å². The maximum Gasteiger partial charge on any atom is 0.393 e. The van der Waals surface area contributed by atoms with Crippen molar-refractivity contribution in [2.75, 3.05) is 4.72 Å². The van der Waals surface area contributed by atoms with E-state index in [9.17, 15) is 13.2 Å². The second-order valence-corrected chi connectivity index (χ2v) is 12.2. The average Bonchev–Trinajstić information content (AvgIpc) is 3.59. The van der Waals surface area contributed by atoms with Crippen LogP contribution in [-0.2, 0) is 31.9 Å². The fourth-order valence-corrected chi connectivity index (χ4v) is 7.20. The minimum atomic E-state index is -3.86. The number of aliphatic imine (C=N–C) groups is 1. The minimum Gasteiger partial charge on any atom is -0.474 e. The van der Waals surface area contributed by atoms with Gasteiger partial charge in [0.2, 0.25) is 0 Å². The summed E-state index contributed by atoms with van der Waals surface area (Å²) in [6.07, 6.45) is 6.76. The van der Waals surface area contributed by atoms with Gasteiger partial charge in [-0.3, -0.25) is 4.72 Å². The number of hydrogen-bond donors (Lipinski definition) is 4. The summed E-state index contributed by atoms with van der Waals surface area (Å²) < 4.78 is 29.3. The van der Waals surface area contributed by atoms with Crippen molar-refractivity contribution in [1.82, 2.24) is 10.8 Å². The second-order valence-electron chi connectivity index (χ2n) is 9.19. The fraction of sp³-hybridized carbons (Fsp3) is 0.500. The summed E-state index contributed by atoms with van der Waals surface area (Å²) >= 11 is 1.03. The van der Waals surface area contributed by atoms with E-state index in [0.717, 1.165) is 29.2 Å². The molecule has 1 aliphatic heterocycles. The van der Waals surface area contributed by atoms with Crippen LogP contribution in [0.3, 0.4) is 0 Å². The van der Waals surface area contributed by atoms with Crippen LogP contribution in [0.15, 0.2) is 45.6 Å². The maximum atomic E-state index is 13.2. The number of hydroxylamine groups is 1. The Morgan fingerprint density at radius 1 is 1.29 bits per heavy atom. The smallest absolute Gasteiger partial charge is 0.393 e. The molecule has 1 aliphatic carbocycles. The normalized spacial score (nSPS) is 21.5. The van der Waals surface area contributed by atoms with Crippen LogP contribution in [0, 0.1) is 5.92 Å². The van der Waals surface area contributed by atoms with E-state index in [4.69, 9.17) is 9.94 Å². The monoisotopic (exact) mass is 520 g/mol. The van der Waals surface area contributed by atoms with Gasteiger partial charge in [-0.25, -0.2) is 18.2 Å². The predicted octanol–water partition coefficient (Wildman–Crippen LogP) is 4.19. The molecule has 4 rings (SSSR count). The SMILES string of the molecule is CCC1(c2ccc(S(=O)(=O)Nc3ccccc3CN[C@@H](C)CC3CCCC3)s2)N=C(C(=O)O)ON1. The van der Waals surface area contributed by atoms with Gasteiger partial charge in [-0.05, 0) is 49.4 Å². The number of nitrogens with one attached hydrogen (secondary N) is 3. The Morgan fingerprint density at radius 2 is 2.03 bits per heavy atom. The molecule has 2 aliphatic rings. The predicted molar refractivity (Wildman–Crippen MR) is 136 cm³/mol. The Bertz CT molecular complexity index is 1190. The molecule has 190 valence electrons. The second kappa shape index (κ2) is 10.7. The van der Waals surface area contributed by atoms with Gasteiger partial charge in [-0.2, -0.15) is 0 Å². The van der Waals surface area contributed by atoms with E-state index in [1.807, 2.05) is 19.1 Å². The number of sulfonamides is 1. The minimum absolute atomic E-state index is 0.110. The lowest BCUT2D eigenvalue weighted by Gasteiger charge is -2.20. The number of carboxylic acid groups (broad SMARTS) is 1. The van der Waals surface area contributed by atoms with E-state index in [0.29, 0.717) is 29.6 Å². The zero-order chi connectivity index (χ0) is 25.1. The molecule has 9 nitrogen and oxygen atoms in total. The summed E-state index contributed by atoms with van der Waals surface area (Å²) in [6.45, 7) is 4.56. The Kier molecular flexibility index (Phi) is 7.80. The number of hydrogen-bond acceptors (Lipinski definition) is 8. The van der Waals surface area contributed by atoms with Crippen molar-refractivity contribution >= 4 is 38.9 Å². The summed E-state index contributed by atoms with van der Waals surface area (Å²) in [7, 11) is -3.86. The standard InChI is InChI=1S/C24H32N4O5S2/c1-3-24(26-22(23(29)30)33-28-24)20-12-13-21(34-20)35(31,32)27-19-11-7-6-10-18(19)15-25-16(2)14-17-8-4-5-9-17/h6-7,10-13,16-17,25,27-28H,3-5,8-9,14-15H2,1-2H3,(H,29,30)/t16-,24?/m0/s1. The van der Waals surface area contributed by atoms with Crippen LogP contribution in [0.5, 0.6) is 0 Å². The first-order valence-electron chi connectivity index (χ1n) is 11.9. The van der Waals surface area contributed by atoms with Crippen molar-refractivity contribution in [3.05, 3.63) is 46.8 Å². The molecule has 0 bridgehead atoms. The molecule has 4 N–H and O–H groups in total. The molecule has 1 unspecified atom stereocenters. The Labute approximate surface area is 210 Å². The quantitative estimate of drug-likeness (QED) is 0.350. The third kappa shape index (κ3) is 5.85. The van der Waals surface area contributed by atoms with Crippen LogP contribution < -0.4 is 15.5 Å². The Balaban J connectivity index is 1.46. The van der Waals surface area contributed by atoms with Gasteiger partial charge in [0.25, 0.3) is 10.0 Å². The lowest BCUT2D eigenvalue weighted by Crippen LogP contribution is -2.34. The van der Waals surface area contributed by atoms with E-state index in [1.165, 1.54) is 31.7 Å². The first-order chi connectivity index (χ1) is 16.7. The molecule has 11 heteroatoms. The molecule has 2 heterocycles. The molecular formula is C24H32N4O5S2. The van der Waals surface area contributed by atoms with Crippen molar-refractivity contribution < 1.29 is 23.2 Å². The summed E-state index contributed by atoms with van der Waals surface area (Å²) in [5.41, 5.74) is 2.91. The number of para-hydroxylation sites is 1. The molecule has 35 heavy (non-hydrogen) atoms. The van der Waals surface area contributed by atoms with E-state index in [2.05, 4.69) is 27.4 Å². The van der Waals surface area contributed by atoms with Crippen molar-refractivity contribution in [3.8, 4) is 0 Å². The molecule has 2 atom stereocenters. The summed E-state index contributed by atoms with van der Waals surface area (Å²) in [4.78, 5) is 20.9. The van der Waals surface area contributed by atoms with Gasteiger partial charge in [0, 0.05) is 12.6 Å². The van der Waals surface area contributed by atoms with Gasteiger partial charge in [-0.15, -0.1) is 16.8 Å². The molecule has 0 saturated heterocycles. The lowest BCUT2D eigenvalue weighted by molar-refractivity contribution is -0.131. The number of anilines is 1. The highest BCUT2D eigenvalue weighted by Gasteiger charge is 2.41. The molecule has 2 aromatic rings. The van der Waals surface area contributed by atoms with E-state index >= 15 is 0 Å². The van der Waals surface area contributed by atoms with Crippen LogP contribution in [0.25, 0.3) is 0 Å². The van der Waals surface area contributed by atoms with Gasteiger partial charge < -0.3 is 15.3 Å². The molecule has 1 aromatic heterocycles. The van der Waals surface area contributed by atoms with Gasteiger partial charge >= 0.3 is 11.9 Å². The Hall–Kier alpha value is -2.47. The topological polar surface area (TPSA) is 129 Å². The number of carbonyl (C=O) groups is 1. The van der Waals surface area contributed by atoms with E-state index in [-0.39, 0.29) is 4.21 Å². The van der Waals surface area contributed by atoms with Crippen LogP contribution in [0.1, 0.15) is 62.8 Å². The number of benzene rings is 1. The Morgan fingerprint density at radius 3 is 2.71 bits per heavy atom. The lowest BCUT2D eigenvalue weighted by atomic mass is 9.99. The maximum absolute atomic E-state index is 13.2. The molecule has 0 amide bonds. The van der Waals surface area contributed by atoms with Crippen molar-refractivity contribution in [3.63, 3.8) is 0 Å². The highest BCUT2D eigenvalue weighted by molar-refractivity contribution is 7.94. The van der Waals surface area contributed by atoms with Gasteiger partial charge in [0.15, 0.2) is 5.66 Å². The van der Waals surface area contributed by atoms with Crippen LogP contribution in [-0.4, -0.2) is 31.4 Å².